The topological polar surface area (TPSA) is 68.9 Å². The Morgan fingerprint density at radius 3 is 2.61 bits per heavy atom. The fourth-order valence-electron chi connectivity index (χ4n) is 1.85. The summed E-state index contributed by atoms with van der Waals surface area (Å²) in [6.45, 7) is 3.92. The second kappa shape index (κ2) is 4.96. The SMILES string of the molecule is CCc1ncc(-c2ccccc2C)c(C(N)=O)n1. The van der Waals surface area contributed by atoms with Crippen LogP contribution in [-0.2, 0) is 6.42 Å². The average Bonchev–Trinajstić information content (AvgIpc) is 2.38. The lowest BCUT2D eigenvalue weighted by Gasteiger charge is -2.09. The molecule has 1 aromatic heterocycles. The first-order valence-corrected chi connectivity index (χ1v) is 5.85. The van der Waals surface area contributed by atoms with Crippen LogP contribution in [-0.4, -0.2) is 15.9 Å². The molecule has 0 fully saturated rings. The number of nitrogens with two attached hydrogens (primary N) is 1. The Balaban J connectivity index is 2.64. The first-order valence-electron chi connectivity index (χ1n) is 5.85. The van der Waals surface area contributed by atoms with Crippen molar-refractivity contribution in [2.75, 3.05) is 0 Å². The third-order valence-corrected chi connectivity index (χ3v) is 2.82. The van der Waals surface area contributed by atoms with Crippen molar-refractivity contribution in [3.63, 3.8) is 0 Å². The van der Waals surface area contributed by atoms with Crippen LogP contribution < -0.4 is 5.73 Å². The molecule has 0 spiro atoms. The van der Waals surface area contributed by atoms with Gasteiger partial charge in [-0.2, -0.15) is 0 Å². The molecule has 1 heterocycles. The maximum atomic E-state index is 11.5. The fraction of sp³-hybridized carbons (Fsp3) is 0.214. The summed E-state index contributed by atoms with van der Waals surface area (Å²) in [4.78, 5) is 20.0. The lowest BCUT2D eigenvalue weighted by atomic mass is 10.0. The van der Waals surface area contributed by atoms with Crippen LogP contribution in [0.1, 0.15) is 28.8 Å². The van der Waals surface area contributed by atoms with Gasteiger partial charge in [-0.1, -0.05) is 31.2 Å². The molecular formula is C14H15N3O. The van der Waals surface area contributed by atoms with Crippen LogP contribution in [0.3, 0.4) is 0 Å². The summed E-state index contributed by atoms with van der Waals surface area (Å²) in [5, 5.41) is 0. The van der Waals surface area contributed by atoms with E-state index in [1.54, 1.807) is 6.20 Å². The highest BCUT2D eigenvalue weighted by molar-refractivity contribution is 5.98. The van der Waals surface area contributed by atoms with Crippen LogP contribution in [0.2, 0.25) is 0 Å². The van der Waals surface area contributed by atoms with Gasteiger partial charge in [0.25, 0.3) is 5.91 Å². The fourth-order valence-corrected chi connectivity index (χ4v) is 1.85. The first kappa shape index (κ1) is 12.2. The van der Waals surface area contributed by atoms with Gasteiger partial charge in [0.2, 0.25) is 0 Å². The third-order valence-electron chi connectivity index (χ3n) is 2.82. The standard InChI is InChI=1S/C14H15N3O/c1-3-12-16-8-11(13(17-12)14(15)18)10-7-5-4-6-9(10)2/h4-8H,3H2,1-2H3,(H2,15,18). The van der Waals surface area contributed by atoms with Crippen molar-refractivity contribution in [2.45, 2.75) is 20.3 Å². The van der Waals surface area contributed by atoms with Crippen molar-refractivity contribution < 1.29 is 4.79 Å². The van der Waals surface area contributed by atoms with Gasteiger partial charge in [0.05, 0.1) is 0 Å². The summed E-state index contributed by atoms with van der Waals surface area (Å²) < 4.78 is 0. The Labute approximate surface area is 106 Å². The van der Waals surface area contributed by atoms with Gasteiger partial charge < -0.3 is 5.73 Å². The Kier molecular flexibility index (Phi) is 3.37. The molecule has 2 N–H and O–H groups in total. The molecule has 0 aliphatic rings. The first-order chi connectivity index (χ1) is 8.63. The van der Waals surface area contributed by atoms with E-state index in [0.29, 0.717) is 17.8 Å². The molecule has 0 atom stereocenters. The van der Waals surface area contributed by atoms with Crippen molar-refractivity contribution in [2.24, 2.45) is 5.73 Å². The number of hydrogen-bond acceptors (Lipinski definition) is 3. The molecular weight excluding hydrogens is 226 g/mol. The van der Waals surface area contributed by atoms with Gasteiger partial charge >= 0.3 is 0 Å². The number of hydrogen-bond donors (Lipinski definition) is 1. The summed E-state index contributed by atoms with van der Waals surface area (Å²) in [5.74, 6) is 0.103. The number of aromatic nitrogens is 2. The van der Waals surface area contributed by atoms with E-state index >= 15 is 0 Å². The molecule has 0 unspecified atom stereocenters. The minimum Gasteiger partial charge on any atom is -0.364 e. The summed E-state index contributed by atoms with van der Waals surface area (Å²) in [6.07, 6.45) is 2.35. The largest absolute Gasteiger partial charge is 0.364 e. The van der Waals surface area contributed by atoms with E-state index in [1.165, 1.54) is 0 Å². The zero-order chi connectivity index (χ0) is 13.1. The number of benzene rings is 1. The quantitative estimate of drug-likeness (QED) is 0.894. The molecule has 0 radical (unpaired) electrons. The molecule has 0 bridgehead atoms. The molecule has 1 amide bonds. The highest BCUT2D eigenvalue weighted by Gasteiger charge is 2.14. The molecule has 4 nitrogen and oxygen atoms in total. The van der Waals surface area contributed by atoms with Gasteiger partial charge in [-0.25, -0.2) is 9.97 Å². The monoisotopic (exact) mass is 241 g/mol. The summed E-state index contributed by atoms with van der Waals surface area (Å²) in [6, 6.07) is 7.78. The maximum absolute atomic E-state index is 11.5. The van der Waals surface area contributed by atoms with Gasteiger partial charge in [-0.05, 0) is 18.1 Å². The number of primary amides is 1. The third kappa shape index (κ3) is 2.22. The van der Waals surface area contributed by atoms with Gasteiger partial charge in [-0.3, -0.25) is 4.79 Å². The molecule has 0 saturated heterocycles. The summed E-state index contributed by atoms with van der Waals surface area (Å²) in [5.41, 5.74) is 8.38. The van der Waals surface area contributed by atoms with Crippen LogP contribution in [0.4, 0.5) is 0 Å². The lowest BCUT2D eigenvalue weighted by molar-refractivity contribution is 0.0996. The minimum atomic E-state index is -0.523. The van der Waals surface area contributed by atoms with E-state index in [-0.39, 0.29) is 5.69 Å². The number of carbonyl (C=O) groups excluding carboxylic acids is 1. The summed E-state index contributed by atoms with van der Waals surface area (Å²) >= 11 is 0. The van der Waals surface area contributed by atoms with E-state index in [4.69, 9.17) is 5.73 Å². The molecule has 0 saturated carbocycles. The Morgan fingerprint density at radius 2 is 2.00 bits per heavy atom. The smallest absolute Gasteiger partial charge is 0.268 e. The molecule has 1 aromatic carbocycles. The van der Waals surface area contributed by atoms with E-state index in [0.717, 1.165) is 11.1 Å². The highest BCUT2D eigenvalue weighted by atomic mass is 16.1. The van der Waals surface area contributed by atoms with Crippen LogP contribution >= 0.6 is 0 Å². The van der Waals surface area contributed by atoms with E-state index in [2.05, 4.69) is 9.97 Å². The van der Waals surface area contributed by atoms with Crippen molar-refractivity contribution >= 4 is 5.91 Å². The second-order valence-corrected chi connectivity index (χ2v) is 4.08. The van der Waals surface area contributed by atoms with Crippen molar-refractivity contribution in [1.82, 2.24) is 9.97 Å². The van der Waals surface area contributed by atoms with Gasteiger partial charge in [0, 0.05) is 18.2 Å². The zero-order valence-electron chi connectivity index (χ0n) is 10.5. The molecule has 2 aromatic rings. The molecule has 0 aliphatic heterocycles. The van der Waals surface area contributed by atoms with Crippen LogP contribution in [0.5, 0.6) is 0 Å². The van der Waals surface area contributed by atoms with Gasteiger partial charge in [0.1, 0.15) is 11.5 Å². The normalized spacial score (nSPS) is 10.3. The maximum Gasteiger partial charge on any atom is 0.268 e. The molecule has 0 aliphatic carbocycles. The van der Waals surface area contributed by atoms with Crippen LogP contribution in [0.15, 0.2) is 30.5 Å². The number of aryl methyl sites for hydroxylation is 2. The van der Waals surface area contributed by atoms with Gasteiger partial charge in [-0.15, -0.1) is 0 Å². The van der Waals surface area contributed by atoms with Crippen molar-refractivity contribution in [3.05, 3.63) is 47.5 Å². The number of rotatable bonds is 3. The van der Waals surface area contributed by atoms with E-state index in [1.807, 2.05) is 38.1 Å². The Hall–Kier alpha value is -2.23. The van der Waals surface area contributed by atoms with Crippen LogP contribution in [0, 0.1) is 6.92 Å². The Morgan fingerprint density at radius 1 is 1.28 bits per heavy atom. The van der Waals surface area contributed by atoms with E-state index in [9.17, 15) is 4.79 Å². The molecule has 4 heteroatoms. The molecule has 2 rings (SSSR count). The van der Waals surface area contributed by atoms with Crippen LogP contribution in [0.25, 0.3) is 11.1 Å². The zero-order valence-corrected chi connectivity index (χ0v) is 10.5. The summed E-state index contributed by atoms with van der Waals surface area (Å²) in [7, 11) is 0. The number of carbonyl (C=O) groups is 1. The number of nitrogens with zero attached hydrogens (tertiary/aromatic N) is 2. The predicted molar refractivity (Wildman–Crippen MR) is 70.1 cm³/mol. The predicted octanol–water partition coefficient (Wildman–Crippen LogP) is 2.11. The lowest BCUT2D eigenvalue weighted by Crippen LogP contribution is -2.16. The van der Waals surface area contributed by atoms with Crippen molar-refractivity contribution in [3.8, 4) is 11.1 Å². The van der Waals surface area contributed by atoms with E-state index < -0.39 is 5.91 Å². The average molecular weight is 241 g/mol. The minimum absolute atomic E-state index is 0.288. The number of amides is 1. The second-order valence-electron chi connectivity index (χ2n) is 4.08. The highest BCUT2D eigenvalue weighted by Crippen LogP contribution is 2.25. The van der Waals surface area contributed by atoms with Crippen molar-refractivity contribution in [1.29, 1.82) is 0 Å². The molecule has 92 valence electrons. The van der Waals surface area contributed by atoms with Gasteiger partial charge in [0.15, 0.2) is 0 Å². The molecule has 18 heavy (non-hydrogen) atoms. The Bertz CT molecular complexity index is 593.